The van der Waals surface area contributed by atoms with Crippen LogP contribution in [0.5, 0.6) is 11.9 Å². The van der Waals surface area contributed by atoms with Gasteiger partial charge in [0.05, 0.1) is 11.3 Å². The van der Waals surface area contributed by atoms with Crippen molar-refractivity contribution in [2.75, 3.05) is 6.61 Å². The van der Waals surface area contributed by atoms with Gasteiger partial charge in [0.1, 0.15) is 18.9 Å². The van der Waals surface area contributed by atoms with E-state index in [2.05, 4.69) is 15.0 Å². The molecular formula is C17H13F2N5O4. The third-order valence-corrected chi connectivity index (χ3v) is 4.11. The van der Waals surface area contributed by atoms with E-state index in [1.165, 1.54) is 12.3 Å². The number of pyridine rings is 2. The lowest BCUT2D eigenvalue weighted by Crippen LogP contribution is -2.31. The fourth-order valence-electron chi connectivity index (χ4n) is 2.76. The van der Waals surface area contributed by atoms with Crippen molar-refractivity contribution < 1.29 is 23.2 Å². The minimum atomic E-state index is -0.964. The second kappa shape index (κ2) is 7.18. The number of nitro groups is 1. The monoisotopic (exact) mass is 389 g/mol. The van der Waals surface area contributed by atoms with Gasteiger partial charge in [-0.2, -0.15) is 13.8 Å². The van der Waals surface area contributed by atoms with Crippen molar-refractivity contribution in [3.05, 3.63) is 58.5 Å². The molecule has 0 saturated carbocycles. The van der Waals surface area contributed by atoms with Crippen molar-refractivity contribution in [2.24, 2.45) is 0 Å². The molecule has 1 aliphatic heterocycles. The molecule has 0 aromatic carbocycles. The van der Waals surface area contributed by atoms with Crippen molar-refractivity contribution in [2.45, 2.75) is 19.1 Å². The maximum Gasteiger partial charge on any atom is 0.414 e. The number of hydrogen-bond acceptors (Lipinski definition) is 7. The van der Waals surface area contributed by atoms with E-state index in [0.717, 1.165) is 6.07 Å². The Morgan fingerprint density at radius 3 is 2.89 bits per heavy atom. The number of aromatic nitrogens is 4. The van der Waals surface area contributed by atoms with Crippen molar-refractivity contribution in [1.29, 1.82) is 0 Å². The summed E-state index contributed by atoms with van der Waals surface area (Å²) in [5.74, 6) is -1.93. The maximum atomic E-state index is 13.8. The predicted molar refractivity (Wildman–Crippen MR) is 90.8 cm³/mol. The molecule has 0 N–H and O–H groups in total. The second-order valence-corrected chi connectivity index (χ2v) is 6.01. The van der Waals surface area contributed by atoms with Gasteiger partial charge >= 0.3 is 11.8 Å². The molecule has 144 valence electrons. The zero-order chi connectivity index (χ0) is 19.7. The first-order valence-corrected chi connectivity index (χ1v) is 8.30. The summed E-state index contributed by atoms with van der Waals surface area (Å²) in [4.78, 5) is 21.4. The lowest BCUT2D eigenvalue weighted by molar-refractivity contribution is -0.389. The van der Waals surface area contributed by atoms with Crippen LogP contribution in [-0.4, -0.2) is 37.2 Å². The Bertz CT molecular complexity index is 1040. The van der Waals surface area contributed by atoms with Crippen LogP contribution in [0.2, 0.25) is 0 Å². The fraction of sp³-hybridized carbons (Fsp3) is 0.235. The van der Waals surface area contributed by atoms with Gasteiger partial charge in [-0.25, -0.2) is 4.98 Å². The van der Waals surface area contributed by atoms with E-state index in [1.54, 1.807) is 22.8 Å². The van der Waals surface area contributed by atoms with Crippen LogP contribution in [-0.2, 0) is 6.54 Å². The fourth-order valence-corrected chi connectivity index (χ4v) is 2.76. The molecule has 9 nitrogen and oxygen atoms in total. The SMILES string of the molecule is O=[N+]([O-])c1cn2c(n1)OC(COc1cccc(-c3ccc(F)nc3F)n1)CC2. The normalized spacial score (nSPS) is 15.6. The Morgan fingerprint density at radius 1 is 1.25 bits per heavy atom. The lowest BCUT2D eigenvalue weighted by atomic mass is 10.2. The van der Waals surface area contributed by atoms with Crippen molar-refractivity contribution in [3.8, 4) is 23.1 Å². The molecule has 1 unspecified atom stereocenters. The summed E-state index contributed by atoms with van der Waals surface area (Å²) in [6, 6.07) is 7.22. The number of rotatable bonds is 5. The van der Waals surface area contributed by atoms with Gasteiger partial charge in [0.2, 0.25) is 17.8 Å². The maximum absolute atomic E-state index is 13.8. The van der Waals surface area contributed by atoms with E-state index in [0.29, 0.717) is 13.0 Å². The van der Waals surface area contributed by atoms with E-state index in [4.69, 9.17) is 9.47 Å². The minimum Gasteiger partial charge on any atom is -0.474 e. The molecule has 11 heteroatoms. The molecule has 0 saturated heterocycles. The van der Waals surface area contributed by atoms with Gasteiger partial charge < -0.3 is 19.6 Å². The number of ether oxygens (including phenoxy) is 2. The van der Waals surface area contributed by atoms with Gasteiger partial charge in [-0.3, -0.25) is 4.57 Å². The van der Waals surface area contributed by atoms with Crippen LogP contribution in [0, 0.1) is 22.0 Å². The molecule has 4 rings (SSSR count). The first-order valence-electron chi connectivity index (χ1n) is 8.30. The third-order valence-electron chi connectivity index (χ3n) is 4.11. The summed E-state index contributed by atoms with van der Waals surface area (Å²) in [6.45, 7) is 0.630. The van der Waals surface area contributed by atoms with Crippen LogP contribution in [0.25, 0.3) is 11.3 Å². The molecule has 0 amide bonds. The largest absolute Gasteiger partial charge is 0.474 e. The third kappa shape index (κ3) is 3.59. The van der Waals surface area contributed by atoms with Crippen LogP contribution in [0.15, 0.2) is 36.5 Å². The Balaban J connectivity index is 1.43. The van der Waals surface area contributed by atoms with Gasteiger partial charge in [0.15, 0.2) is 0 Å². The highest BCUT2D eigenvalue weighted by atomic mass is 19.1. The van der Waals surface area contributed by atoms with E-state index < -0.39 is 16.8 Å². The Kier molecular flexibility index (Phi) is 4.55. The van der Waals surface area contributed by atoms with Gasteiger partial charge in [-0.15, -0.1) is 0 Å². The second-order valence-electron chi connectivity index (χ2n) is 6.01. The Labute approximate surface area is 156 Å². The molecule has 0 aliphatic carbocycles. The van der Waals surface area contributed by atoms with E-state index in [9.17, 15) is 18.9 Å². The molecule has 0 bridgehead atoms. The van der Waals surface area contributed by atoms with Crippen molar-refractivity contribution >= 4 is 5.82 Å². The number of nitrogens with zero attached hydrogens (tertiary/aromatic N) is 5. The predicted octanol–water partition coefficient (Wildman–Crippen LogP) is 2.76. The van der Waals surface area contributed by atoms with Gasteiger partial charge in [-0.05, 0) is 23.1 Å². The van der Waals surface area contributed by atoms with Crippen molar-refractivity contribution in [3.63, 3.8) is 0 Å². The van der Waals surface area contributed by atoms with Crippen LogP contribution >= 0.6 is 0 Å². The summed E-state index contributed by atoms with van der Waals surface area (Å²) in [6.07, 6.45) is 1.52. The molecule has 3 aromatic rings. The van der Waals surface area contributed by atoms with E-state index >= 15 is 0 Å². The van der Waals surface area contributed by atoms with Gasteiger partial charge in [-0.1, -0.05) is 6.07 Å². The Hall–Kier alpha value is -3.63. The summed E-state index contributed by atoms with van der Waals surface area (Å²) in [5, 5.41) is 10.8. The minimum absolute atomic E-state index is 0.0510. The zero-order valence-electron chi connectivity index (χ0n) is 14.3. The standard InChI is InChI=1S/C17H13F2N5O4/c18-13-5-4-11(16(19)21-13)12-2-1-3-15(20-12)27-9-10-6-7-23-8-14(24(25)26)22-17(23)28-10/h1-5,8,10H,6-7,9H2. The quantitative estimate of drug-likeness (QED) is 0.375. The summed E-state index contributed by atoms with van der Waals surface area (Å²) >= 11 is 0. The van der Waals surface area contributed by atoms with Gasteiger partial charge in [0.25, 0.3) is 0 Å². The van der Waals surface area contributed by atoms with Crippen LogP contribution < -0.4 is 9.47 Å². The van der Waals surface area contributed by atoms with Crippen LogP contribution in [0.1, 0.15) is 6.42 Å². The molecule has 0 fully saturated rings. The van der Waals surface area contributed by atoms with Crippen LogP contribution in [0.4, 0.5) is 14.6 Å². The molecule has 1 aliphatic rings. The number of aryl methyl sites for hydroxylation is 1. The molecule has 1 atom stereocenters. The Morgan fingerprint density at radius 2 is 2.11 bits per heavy atom. The first-order chi connectivity index (χ1) is 13.5. The average Bonchev–Trinajstić information content (AvgIpc) is 3.10. The highest BCUT2D eigenvalue weighted by Gasteiger charge is 2.28. The highest BCUT2D eigenvalue weighted by molar-refractivity contribution is 5.58. The average molecular weight is 389 g/mol. The number of hydrogen-bond donors (Lipinski definition) is 0. The zero-order valence-corrected chi connectivity index (χ0v) is 14.3. The highest BCUT2D eigenvalue weighted by Crippen LogP contribution is 2.25. The molecule has 0 spiro atoms. The van der Waals surface area contributed by atoms with E-state index in [-0.39, 0.29) is 41.7 Å². The number of imidazole rings is 1. The molecule has 0 radical (unpaired) electrons. The molecular weight excluding hydrogens is 376 g/mol. The molecule has 28 heavy (non-hydrogen) atoms. The van der Waals surface area contributed by atoms with Crippen LogP contribution in [0.3, 0.4) is 0 Å². The summed E-state index contributed by atoms with van der Waals surface area (Å²) < 4.78 is 39.6. The lowest BCUT2D eigenvalue weighted by Gasteiger charge is -2.22. The molecule has 4 heterocycles. The first kappa shape index (κ1) is 17.8. The van der Waals surface area contributed by atoms with Crippen molar-refractivity contribution in [1.82, 2.24) is 19.5 Å². The topological polar surface area (TPSA) is 105 Å². The number of fused-ring (bicyclic) bond motifs is 1. The summed E-state index contributed by atoms with van der Waals surface area (Å²) in [5.41, 5.74) is 0.299. The number of halogens is 2. The molecule has 3 aromatic heterocycles. The van der Waals surface area contributed by atoms with Gasteiger partial charge in [0, 0.05) is 24.0 Å². The summed E-state index contributed by atoms with van der Waals surface area (Å²) in [7, 11) is 0. The van der Waals surface area contributed by atoms with E-state index in [1.807, 2.05) is 0 Å². The smallest absolute Gasteiger partial charge is 0.414 e.